The number of carbonyl (C=O) groups is 1. The van der Waals surface area contributed by atoms with Gasteiger partial charge in [0, 0.05) is 44.5 Å². The first kappa shape index (κ1) is 21.4. The van der Waals surface area contributed by atoms with Crippen LogP contribution in [0.15, 0.2) is 29.1 Å². The molecular formula is C21H27Cl2N5O2. The van der Waals surface area contributed by atoms with E-state index < -0.39 is 0 Å². The number of oxazole rings is 1. The molecule has 0 radical (unpaired) electrons. The van der Waals surface area contributed by atoms with E-state index in [0.29, 0.717) is 10.2 Å². The maximum absolute atomic E-state index is 12.1. The molecule has 7 nitrogen and oxygen atoms in total. The molecule has 3 heterocycles. The Morgan fingerprint density at radius 1 is 1.13 bits per heavy atom. The first-order valence-corrected chi connectivity index (χ1v) is 11.3. The van der Waals surface area contributed by atoms with Crippen LogP contribution in [0.4, 0.5) is 5.69 Å². The first-order chi connectivity index (χ1) is 14.6. The van der Waals surface area contributed by atoms with Crippen molar-refractivity contribution in [3.63, 3.8) is 0 Å². The van der Waals surface area contributed by atoms with Gasteiger partial charge in [-0.1, -0.05) is 23.2 Å². The summed E-state index contributed by atoms with van der Waals surface area (Å²) in [4.78, 5) is 24.8. The zero-order valence-electron chi connectivity index (χ0n) is 16.9. The molecule has 2 aromatic rings. The summed E-state index contributed by atoms with van der Waals surface area (Å²) >= 11 is 12.3. The Kier molecular flexibility index (Phi) is 7.12. The molecule has 0 spiro atoms. The number of anilines is 1. The van der Waals surface area contributed by atoms with Crippen molar-refractivity contribution in [2.75, 3.05) is 37.6 Å². The molecule has 1 saturated carbocycles. The standard InChI is InChI=1S/C21H27Cl2N5O2/c22-17-14-25-19(23)13-18(17)28-10-8-27(9-11-28)7-5-15-1-3-16(4-2-15)26-20(29)21-24-6-12-30-21/h6,12-16H,1-5,7-11H2,(H,26,29)/t15-,16-. The van der Waals surface area contributed by atoms with Gasteiger partial charge in [-0.15, -0.1) is 0 Å². The molecule has 0 aromatic carbocycles. The quantitative estimate of drug-likeness (QED) is 0.671. The number of hydrogen-bond acceptors (Lipinski definition) is 6. The van der Waals surface area contributed by atoms with Crippen LogP contribution in [-0.4, -0.2) is 59.5 Å². The normalized spacial score (nSPS) is 22.8. The number of carbonyl (C=O) groups excluding carboxylic acids is 1. The van der Waals surface area contributed by atoms with Crippen molar-refractivity contribution in [2.24, 2.45) is 5.92 Å². The van der Waals surface area contributed by atoms with Crippen molar-refractivity contribution in [3.8, 4) is 0 Å². The van der Waals surface area contributed by atoms with Crippen LogP contribution in [0.5, 0.6) is 0 Å². The van der Waals surface area contributed by atoms with E-state index in [2.05, 4.69) is 25.1 Å². The lowest BCUT2D eigenvalue weighted by Crippen LogP contribution is -2.47. The largest absolute Gasteiger partial charge is 0.441 e. The van der Waals surface area contributed by atoms with E-state index in [1.807, 2.05) is 6.07 Å². The number of aromatic nitrogens is 2. The maximum atomic E-state index is 12.1. The maximum Gasteiger partial charge on any atom is 0.307 e. The van der Waals surface area contributed by atoms with Crippen molar-refractivity contribution in [2.45, 2.75) is 38.1 Å². The predicted octanol–water partition coefficient (Wildman–Crippen LogP) is 3.88. The van der Waals surface area contributed by atoms with E-state index in [0.717, 1.165) is 70.0 Å². The topological polar surface area (TPSA) is 74.5 Å². The molecule has 9 heteroatoms. The molecule has 1 saturated heterocycles. The second kappa shape index (κ2) is 9.98. The third kappa shape index (κ3) is 5.45. The smallest absolute Gasteiger partial charge is 0.307 e. The molecule has 0 bridgehead atoms. The Hall–Kier alpha value is -1.83. The summed E-state index contributed by atoms with van der Waals surface area (Å²) in [6.45, 7) is 5.06. The Morgan fingerprint density at radius 2 is 1.90 bits per heavy atom. The van der Waals surface area contributed by atoms with Crippen molar-refractivity contribution in [1.82, 2.24) is 20.2 Å². The molecule has 0 atom stereocenters. The lowest BCUT2D eigenvalue weighted by atomic mass is 9.84. The fraction of sp³-hybridized carbons (Fsp3) is 0.571. The number of rotatable bonds is 6. The van der Waals surface area contributed by atoms with Gasteiger partial charge in [-0.25, -0.2) is 9.97 Å². The van der Waals surface area contributed by atoms with Gasteiger partial charge < -0.3 is 14.6 Å². The highest BCUT2D eigenvalue weighted by atomic mass is 35.5. The summed E-state index contributed by atoms with van der Waals surface area (Å²) in [6.07, 6.45) is 10.1. The van der Waals surface area contributed by atoms with E-state index in [4.69, 9.17) is 27.6 Å². The van der Waals surface area contributed by atoms with Gasteiger partial charge >= 0.3 is 5.91 Å². The van der Waals surface area contributed by atoms with E-state index in [9.17, 15) is 4.79 Å². The third-order valence-corrected chi connectivity index (χ3v) is 6.67. The number of pyridine rings is 1. The Balaban J connectivity index is 1.15. The number of nitrogens with one attached hydrogen (secondary N) is 1. The summed E-state index contributed by atoms with van der Waals surface area (Å²) in [5.41, 5.74) is 0.974. The fourth-order valence-electron chi connectivity index (χ4n) is 4.40. The summed E-state index contributed by atoms with van der Waals surface area (Å²) in [5, 5.41) is 4.17. The van der Waals surface area contributed by atoms with Crippen LogP contribution in [0.25, 0.3) is 0 Å². The molecule has 1 aliphatic carbocycles. The molecule has 1 aliphatic heterocycles. The molecule has 30 heavy (non-hydrogen) atoms. The van der Waals surface area contributed by atoms with Crippen LogP contribution in [0.3, 0.4) is 0 Å². The Bertz CT molecular complexity index is 832. The van der Waals surface area contributed by atoms with Crippen molar-refractivity contribution < 1.29 is 9.21 Å². The zero-order chi connectivity index (χ0) is 20.9. The number of amides is 1. The highest BCUT2D eigenvalue weighted by Crippen LogP contribution is 2.29. The number of piperazine rings is 1. The van der Waals surface area contributed by atoms with Gasteiger partial charge in [-0.2, -0.15) is 0 Å². The lowest BCUT2D eigenvalue weighted by molar-refractivity contribution is 0.0884. The highest BCUT2D eigenvalue weighted by molar-refractivity contribution is 6.34. The molecule has 162 valence electrons. The molecule has 1 N–H and O–H groups in total. The predicted molar refractivity (Wildman–Crippen MR) is 117 cm³/mol. The average Bonchev–Trinajstić information content (AvgIpc) is 3.31. The molecule has 0 unspecified atom stereocenters. The van der Waals surface area contributed by atoms with Crippen LogP contribution >= 0.6 is 23.2 Å². The van der Waals surface area contributed by atoms with Crippen LogP contribution in [0.2, 0.25) is 10.2 Å². The van der Waals surface area contributed by atoms with Gasteiger partial charge in [0.15, 0.2) is 0 Å². The van der Waals surface area contributed by atoms with Crippen LogP contribution in [0.1, 0.15) is 42.8 Å². The van der Waals surface area contributed by atoms with Crippen molar-refractivity contribution in [3.05, 3.63) is 40.8 Å². The highest BCUT2D eigenvalue weighted by Gasteiger charge is 2.25. The van der Waals surface area contributed by atoms with Gasteiger partial charge in [0.2, 0.25) is 0 Å². The number of hydrogen-bond donors (Lipinski definition) is 1. The van der Waals surface area contributed by atoms with Crippen molar-refractivity contribution >= 4 is 34.8 Å². The Labute approximate surface area is 186 Å². The molecule has 1 amide bonds. The number of nitrogens with zero attached hydrogens (tertiary/aromatic N) is 4. The zero-order valence-corrected chi connectivity index (χ0v) is 18.4. The summed E-state index contributed by atoms with van der Waals surface area (Å²) in [7, 11) is 0. The summed E-state index contributed by atoms with van der Waals surface area (Å²) in [6, 6.07) is 2.07. The van der Waals surface area contributed by atoms with Crippen molar-refractivity contribution in [1.29, 1.82) is 0 Å². The summed E-state index contributed by atoms with van der Waals surface area (Å²) < 4.78 is 5.06. The van der Waals surface area contributed by atoms with Crippen LogP contribution < -0.4 is 10.2 Å². The second-order valence-electron chi connectivity index (χ2n) is 8.10. The van der Waals surface area contributed by atoms with Gasteiger partial charge in [0.25, 0.3) is 5.89 Å². The monoisotopic (exact) mass is 451 g/mol. The van der Waals surface area contributed by atoms with E-state index >= 15 is 0 Å². The Morgan fingerprint density at radius 3 is 2.60 bits per heavy atom. The van der Waals surface area contributed by atoms with Gasteiger partial charge in [0.05, 0.1) is 16.9 Å². The molecule has 4 rings (SSSR count). The van der Waals surface area contributed by atoms with E-state index in [1.54, 1.807) is 6.20 Å². The second-order valence-corrected chi connectivity index (χ2v) is 8.90. The summed E-state index contributed by atoms with van der Waals surface area (Å²) in [5.74, 6) is 0.662. The van der Waals surface area contributed by atoms with Crippen LogP contribution in [0, 0.1) is 5.92 Å². The number of halogens is 2. The lowest BCUT2D eigenvalue weighted by Gasteiger charge is -2.37. The fourth-order valence-corrected chi connectivity index (χ4v) is 4.78. The minimum absolute atomic E-state index is 0.145. The first-order valence-electron chi connectivity index (χ1n) is 10.6. The van der Waals surface area contributed by atoms with Gasteiger partial charge in [0.1, 0.15) is 11.4 Å². The minimum atomic E-state index is -0.211. The SMILES string of the molecule is O=C(N[C@H]1CC[C@H](CCN2CCN(c3cc(Cl)ncc3Cl)CC2)CC1)c1ncco1. The molecule has 2 aliphatic rings. The van der Waals surface area contributed by atoms with E-state index in [1.165, 1.54) is 18.9 Å². The molecule has 2 aromatic heterocycles. The third-order valence-electron chi connectivity index (χ3n) is 6.18. The minimum Gasteiger partial charge on any atom is -0.441 e. The van der Waals surface area contributed by atoms with E-state index in [-0.39, 0.29) is 17.8 Å². The van der Waals surface area contributed by atoms with Crippen LogP contribution in [-0.2, 0) is 0 Å². The van der Waals surface area contributed by atoms with Gasteiger partial charge in [-0.05, 0) is 44.6 Å². The van der Waals surface area contributed by atoms with Gasteiger partial charge in [-0.3, -0.25) is 9.69 Å². The molecule has 2 fully saturated rings. The average molecular weight is 452 g/mol. The molecular weight excluding hydrogens is 425 g/mol.